The average molecular weight is 491 g/mol. The lowest BCUT2D eigenvalue weighted by molar-refractivity contribution is -0.126. The van der Waals surface area contributed by atoms with Gasteiger partial charge >= 0.3 is 0 Å². The van der Waals surface area contributed by atoms with Gasteiger partial charge in [0.25, 0.3) is 5.91 Å². The molecule has 0 aromatic heterocycles. The summed E-state index contributed by atoms with van der Waals surface area (Å²) >= 11 is 0. The van der Waals surface area contributed by atoms with Crippen molar-refractivity contribution in [3.05, 3.63) is 72.3 Å². The maximum absolute atomic E-state index is 13.9. The molecule has 9 heteroatoms. The van der Waals surface area contributed by atoms with Crippen molar-refractivity contribution in [3.63, 3.8) is 0 Å². The van der Waals surface area contributed by atoms with Gasteiger partial charge in [-0.25, -0.2) is 9.96 Å². The fraction of sp³-hybridized carbons (Fsp3) is 0.259. The largest absolute Gasteiger partial charge is 0.496 e. The predicted molar refractivity (Wildman–Crippen MR) is 132 cm³/mol. The molecule has 0 saturated carbocycles. The van der Waals surface area contributed by atoms with Crippen molar-refractivity contribution in [3.8, 4) is 23.0 Å². The molecular formula is C27H26N2O7. The minimum atomic E-state index is -1.04. The second kappa shape index (κ2) is 9.43. The lowest BCUT2D eigenvalue weighted by atomic mass is 9.89. The summed E-state index contributed by atoms with van der Waals surface area (Å²) in [6.45, 7) is 0. The predicted octanol–water partition coefficient (Wildman–Crippen LogP) is 3.77. The molecule has 5 rings (SSSR count). The zero-order chi connectivity index (χ0) is 25.4. The van der Waals surface area contributed by atoms with Gasteiger partial charge in [0.1, 0.15) is 23.5 Å². The van der Waals surface area contributed by atoms with Crippen LogP contribution in [0.25, 0.3) is 0 Å². The second-order valence-corrected chi connectivity index (χ2v) is 8.29. The number of anilines is 2. The standard InChI is InChI=1S/C27H26N2O7/c1-32-19-13-9-8-12-18(19)28-26(30)23-24(17-14-21(34-3)22(35-4)15-20(17)33-2)29(36-25(23)27(28)31)16-10-6-5-7-11-16/h5-15,23-25H,1-4H3/t23-,24+,25-/m1/s1. The average Bonchev–Trinajstić information content (AvgIpc) is 3.43. The van der Waals surface area contributed by atoms with Gasteiger partial charge in [-0.15, -0.1) is 0 Å². The third-order valence-corrected chi connectivity index (χ3v) is 6.51. The number of imide groups is 1. The van der Waals surface area contributed by atoms with Crippen molar-refractivity contribution in [2.45, 2.75) is 12.1 Å². The molecule has 2 saturated heterocycles. The second-order valence-electron chi connectivity index (χ2n) is 8.29. The zero-order valence-electron chi connectivity index (χ0n) is 20.3. The van der Waals surface area contributed by atoms with E-state index < -0.39 is 29.9 Å². The molecule has 186 valence electrons. The first-order valence-corrected chi connectivity index (χ1v) is 11.4. The zero-order valence-corrected chi connectivity index (χ0v) is 20.3. The minimum Gasteiger partial charge on any atom is -0.496 e. The number of carbonyl (C=O) groups excluding carboxylic acids is 2. The van der Waals surface area contributed by atoms with Crippen molar-refractivity contribution in [2.24, 2.45) is 5.92 Å². The lowest BCUT2D eigenvalue weighted by Crippen LogP contribution is -2.37. The third-order valence-electron chi connectivity index (χ3n) is 6.51. The lowest BCUT2D eigenvalue weighted by Gasteiger charge is -2.30. The van der Waals surface area contributed by atoms with Gasteiger partial charge < -0.3 is 18.9 Å². The molecule has 2 aliphatic rings. The highest BCUT2D eigenvalue weighted by Gasteiger charge is 2.61. The molecule has 2 heterocycles. The smallest absolute Gasteiger partial charge is 0.266 e. The number of ether oxygens (including phenoxy) is 4. The van der Waals surface area contributed by atoms with Gasteiger partial charge in [0, 0.05) is 11.6 Å². The topological polar surface area (TPSA) is 86.8 Å². The Kier molecular flexibility index (Phi) is 6.15. The summed E-state index contributed by atoms with van der Waals surface area (Å²) in [5, 5.41) is 1.61. The summed E-state index contributed by atoms with van der Waals surface area (Å²) in [5.74, 6) is 0.118. The highest BCUT2D eigenvalue weighted by Crippen LogP contribution is 2.51. The van der Waals surface area contributed by atoms with E-state index in [2.05, 4.69) is 0 Å². The van der Waals surface area contributed by atoms with Crippen molar-refractivity contribution in [1.29, 1.82) is 0 Å². The Labute approximate surface area is 208 Å². The Morgan fingerprint density at radius 3 is 1.97 bits per heavy atom. The SMILES string of the molecule is COc1cc(OC)c([C@H]2[C@H]3C(=O)N(c4ccccc4OC)C(=O)[C@@H]3ON2c2ccccc2)cc1OC. The Balaban J connectivity index is 1.67. The maximum Gasteiger partial charge on any atom is 0.266 e. The monoisotopic (exact) mass is 490 g/mol. The van der Waals surface area contributed by atoms with Crippen LogP contribution in [0.15, 0.2) is 66.7 Å². The van der Waals surface area contributed by atoms with Crippen LogP contribution in [0.2, 0.25) is 0 Å². The van der Waals surface area contributed by atoms with Crippen molar-refractivity contribution >= 4 is 23.2 Å². The van der Waals surface area contributed by atoms with Crippen LogP contribution in [0.5, 0.6) is 23.0 Å². The van der Waals surface area contributed by atoms with Gasteiger partial charge in [-0.3, -0.25) is 14.4 Å². The molecule has 0 unspecified atom stereocenters. The fourth-order valence-corrected chi connectivity index (χ4v) is 4.87. The first kappa shape index (κ1) is 23.5. The van der Waals surface area contributed by atoms with Gasteiger partial charge in [0.2, 0.25) is 5.91 Å². The highest BCUT2D eigenvalue weighted by molar-refractivity contribution is 6.24. The molecule has 0 N–H and O–H groups in total. The van der Waals surface area contributed by atoms with E-state index in [0.717, 1.165) is 4.90 Å². The Morgan fingerprint density at radius 1 is 0.694 bits per heavy atom. The van der Waals surface area contributed by atoms with Crippen LogP contribution < -0.4 is 28.9 Å². The van der Waals surface area contributed by atoms with E-state index in [1.54, 1.807) is 41.5 Å². The number of fused-ring (bicyclic) bond motifs is 1. The van der Waals surface area contributed by atoms with E-state index in [0.29, 0.717) is 39.9 Å². The van der Waals surface area contributed by atoms with E-state index in [4.69, 9.17) is 23.8 Å². The third kappa shape index (κ3) is 3.59. The summed E-state index contributed by atoms with van der Waals surface area (Å²) in [5.41, 5.74) is 1.69. The number of nitrogens with zero attached hydrogens (tertiary/aromatic N) is 2. The first-order chi connectivity index (χ1) is 17.5. The van der Waals surface area contributed by atoms with Gasteiger partial charge in [-0.1, -0.05) is 30.3 Å². The van der Waals surface area contributed by atoms with Gasteiger partial charge in [-0.2, -0.15) is 0 Å². The summed E-state index contributed by atoms with van der Waals surface area (Å²) < 4.78 is 22.1. The van der Waals surface area contributed by atoms with E-state index >= 15 is 0 Å². The van der Waals surface area contributed by atoms with Crippen molar-refractivity contribution < 1.29 is 33.4 Å². The normalized spacial score (nSPS) is 20.9. The number of rotatable bonds is 7. The molecule has 3 atom stereocenters. The van der Waals surface area contributed by atoms with Gasteiger partial charge in [-0.05, 0) is 30.3 Å². The number of hydrogen-bond acceptors (Lipinski definition) is 8. The quantitative estimate of drug-likeness (QED) is 0.463. The van der Waals surface area contributed by atoms with E-state index in [-0.39, 0.29) is 0 Å². The molecule has 0 bridgehead atoms. The van der Waals surface area contributed by atoms with Crippen LogP contribution in [-0.2, 0) is 14.4 Å². The summed E-state index contributed by atoms with van der Waals surface area (Å²) in [4.78, 5) is 34.9. The van der Waals surface area contributed by atoms with E-state index in [1.165, 1.54) is 28.4 Å². The molecule has 9 nitrogen and oxygen atoms in total. The van der Waals surface area contributed by atoms with Crippen LogP contribution in [0, 0.1) is 5.92 Å². The molecule has 0 spiro atoms. The number of benzene rings is 3. The van der Waals surface area contributed by atoms with Gasteiger partial charge in [0.15, 0.2) is 17.6 Å². The molecule has 0 radical (unpaired) electrons. The number of para-hydroxylation sites is 3. The highest BCUT2D eigenvalue weighted by atomic mass is 16.7. The van der Waals surface area contributed by atoms with Gasteiger partial charge in [0.05, 0.1) is 39.8 Å². The first-order valence-electron chi connectivity index (χ1n) is 11.4. The minimum absolute atomic E-state index is 0.372. The van der Waals surface area contributed by atoms with Crippen LogP contribution in [-0.4, -0.2) is 46.4 Å². The molecule has 2 amide bonds. The summed E-state index contributed by atoms with van der Waals surface area (Å²) in [7, 11) is 6.10. The number of carbonyl (C=O) groups is 2. The van der Waals surface area contributed by atoms with Crippen LogP contribution in [0.4, 0.5) is 11.4 Å². The fourth-order valence-electron chi connectivity index (χ4n) is 4.87. The maximum atomic E-state index is 13.9. The van der Waals surface area contributed by atoms with Crippen LogP contribution in [0.1, 0.15) is 11.6 Å². The van der Waals surface area contributed by atoms with Crippen molar-refractivity contribution in [2.75, 3.05) is 38.4 Å². The van der Waals surface area contributed by atoms with Crippen molar-refractivity contribution in [1.82, 2.24) is 0 Å². The molecule has 2 aliphatic heterocycles. The number of amides is 2. The molecule has 3 aromatic carbocycles. The molecular weight excluding hydrogens is 464 g/mol. The van der Waals surface area contributed by atoms with Crippen LogP contribution in [0.3, 0.4) is 0 Å². The molecule has 36 heavy (non-hydrogen) atoms. The molecule has 2 fully saturated rings. The summed E-state index contributed by atoms with van der Waals surface area (Å²) in [6, 6.07) is 19.0. The number of methoxy groups -OCH3 is 4. The van der Waals surface area contributed by atoms with E-state index in [9.17, 15) is 9.59 Å². The van der Waals surface area contributed by atoms with E-state index in [1.807, 2.05) is 30.3 Å². The Bertz CT molecular complexity index is 1300. The number of hydroxylamine groups is 1. The number of hydrogen-bond donors (Lipinski definition) is 0. The Hall–Kier alpha value is -4.24. The Morgan fingerprint density at radius 2 is 1.31 bits per heavy atom. The molecule has 0 aliphatic carbocycles. The van der Waals surface area contributed by atoms with Crippen LogP contribution >= 0.6 is 0 Å². The molecule has 3 aromatic rings. The summed E-state index contributed by atoms with van der Waals surface area (Å²) in [6.07, 6.45) is -1.04.